The maximum atomic E-state index is 13.0. The molecule has 0 bridgehead atoms. The molecule has 0 radical (unpaired) electrons. The lowest BCUT2D eigenvalue weighted by atomic mass is 10.1. The molecule has 0 aliphatic carbocycles. The van der Waals surface area contributed by atoms with Crippen molar-refractivity contribution in [2.45, 2.75) is 43.5 Å². The molecule has 2 aliphatic heterocycles. The molecule has 1 N–H and O–H groups in total. The number of sulfonamides is 1. The summed E-state index contributed by atoms with van der Waals surface area (Å²) in [7, 11) is -3.65. The lowest BCUT2D eigenvalue weighted by Crippen LogP contribution is -2.45. The number of nitrogens with zero attached hydrogens (tertiary/aromatic N) is 3. The van der Waals surface area contributed by atoms with Crippen molar-refractivity contribution < 1.29 is 13.2 Å². The molecule has 1 atom stereocenters. The smallest absolute Gasteiger partial charge is 0.253 e. The highest BCUT2D eigenvalue weighted by Gasteiger charge is 2.40. The van der Waals surface area contributed by atoms with Crippen molar-refractivity contribution in [3.05, 3.63) is 46.8 Å². The van der Waals surface area contributed by atoms with Gasteiger partial charge in [-0.25, -0.2) is 8.42 Å². The van der Waals surface area contributed by atoms with Gasteiger partial charge in [0.1, 0.15) is 10.3 Å². The molecule has 2 aromatic rings. The Kier molecular flexibility index (Phi) is 7.31. The van der Waals surface area contributed by atoms with Crippen LogP contribution in [0.4, 0.5) is 5.69 Å². The first kappa shape index (κ1) is 23.4. The van der Waals surface area contributed by atoms with Crippen LogP contribution in [0, 0.1) is 6.92 Å². The van der Waals surface area contributed by atoms with Gasteiger partial charge in [-0.1, -0.05) is 19.1 Å². The summed E-state index contributed by atoms with van der Waals surface area (Å²) in [4.78, 5) is 18.8. The van der Waals surface area contributed by atoms with E-state index in [1.165, 1.54) is 21.2 Å². The fraction of sp³-hybridized carbons (Fsp3) is 0.522. The predicted molar refractivity (Wildman–Crippen MR) is 128 cm³/mol. The molecule has 9 heteroatoms. The third kappa shape index (κ3) is 5.23. The van der Waals surface area contributed by atoms with Crippen LogP contribution in [0.2, 0.25) is 0 Å². The molecule has 1 unspecified atom stereocenters. The highest BCUT2D eigenvalue weighted by atomic mass is 32.2. The molecule has 0 saturated carbocycles. The molecule has 0 spiro atoms. The van der Waals surface area contributed by atoms with E-state index in [1.54, 1.807) is 12.1 Å². The maximum absolute atomic E-state index is 13.0. The van der Waals surface area contributed by atoms with Gasteiger partial charge in [0.2, 0.25) is 5.91 Å². The summed E-state index contributed by atoms with van der Waals surface area (Å²) in [6.45, 7) is 10.8. The number of anilines is 1. The summed E-state index contributed by atoms with van der Waals surface area (Å²) >= 11 is 1.25. The standard InChI is InChI=1S/C23H32N4O3S2/c1-3-25-13-15-26(16-14-25)17-19-7-9-20(10-8-19)24-23(28)21-5-4-12-27(21)32(29,30)22-11-6-18(2)31-22/h6-11,21H,3-5,12-17H2,1-2H3,(H,24,28). The molecule has 4 rings (SSSR count). The molecule has 3 heterocycles. The highest BCUT2D eigenvalue weighted by Crippen LogP contribution is 2.30. The molecule has 174 valence electrons. The molecule has 2 saturated heterocycles. The summed E-state index contributed by atoms with van der Waals surface area (Å²) in [5, 5.41) is 2.92. The number of rotatable bonds is 7. The first-order valence-electron chi connectivity index (χ1n) is 11.3. The number of benzene rings is 1. The topological polar surface area (TPSA) is 73.0 Å². The lowest BCUT2D eigenvalue weighted by molar-refractivity contribution is -0.119. The zero-order valence-corrected chi connectivity index (χ0v) is 20.4. The summed E-state index contributed by atoms with van der Waals surface area (Å²) in [6, 6.07) is 10.7. The van der Waals surface area contributed by atoms with Gasteiger partial charge in [-0.2, -0.15) is 4.31 Å². The maximum Gasteiger partial charge on any atom is 0.253 e. The highest BCUT2D eigenvalue weighted by molar-refractivity contribution is 7.91. The summed E-state index contributed by atoms with van der Waals surface area (Å²) in [5.74, 6) is -0.261. The van der Waals surface area contributed by atoms with Crippen molar-refractivity contribution in [2.24, 2.45) is 0 Å². The SMILES string of the molecule is CCN1CCN(Cc2ccc(NC(=O)C3CCCN3S(=O)(=O)c3ccc(C)s3)cc2)CC1. The summed E-state index contributed by atoms with van der Waals surface area (Å²) in [6.07, 6.45) is 1.23. The number of carbonyl (C=O) groups is 1. The number of carbonyl (C=O) groups excluding carboxylic acids is 1. The minimum absolute atomic E-state index is 0.261. The number of piperazine rings is 1. The number of likely N-dealkylation sites (N-methyl/N-ethyl adjacent to an activating group) is 1. The van der Waals surface area contributed by atoms with Crippen LogP contribution < -0.4 is 5.32 Å². The average molecular weight is 477 g/mol. The average Bonchev–Trinajstić information content (AvgIpc) is 3.46. The van der Waals surface area contributed by atoms with Gasteiger partial charge in [-0.3, -0.25) is 9.69 Å². The predicted octanol–water partition coefficient (Wildman–Crippen LogP) is 2.99. The zero-order valence-electron chi connectivity index (χ0n) is 18.8. The second-order valence-corrected chi connectivity index (χ2v) is 11.9. The van der Waals surface area contributed by atoms with E-state index >= 15 is 0 Å². The van der Waals surface area contributed by atoms with E-state index in [0.717, 1.165) is 44.1 Å². The van der Waals surface area contributed by atoms with Gasteiger partial charge in [-0.05, 0) is 56.1 Å². The Morgan fingerprint density at radius 2 is 1.72 bits per heavy atom. The molecule has 2 fully saturated rings. The van der Waals surface area contributed by atoms with Crippen LogP contribution in [-0.2, 0) is 21.4 Å². The first-order valence-corrected chi connectivity index (χ1v) is 13.6. The van der Waals surface area contributed by atoms with Gasteiger partial charge >= 0.3 is 0 Å². The molecular formula is C23H32N4O3S2. The minimum Gasteiger partial charge on any atom is -0.325 e. The van der Waals surface area contributed by atoms with Gasteiger partial charge in [0.15, 0.2) is 0 Å². The quantitative estimate of drug-likeness (QED) is 0.665. The van der Waals surface area contributed by atoms with Crippen LogP contribution in [0.25, 0.3) is 0 Å². The molecule has 1 amide bonds. The third-order valence-electron chi connectivity index (χ3n) is 6.32. The van der Waals surface area contributed by atoms with Crippen molar-refractivity contribution in [3.63, 3.8) is 0 Å². The fourth-order valence-electron chi connectivity index (χ4n) is 4.40. The molecule has 7 nitrogen and oxygen atoms in total. The van der Waals surface area contributed by atoms with Crippen molar-refractivity contribution in [3.8, 4) is 0 Å². The van der Waals surface area contributed by atoms with Crippen molar-refractivity contribution in [1.29, 1.82) is 0 Å². The van der Waals surface area contributed by atoms with E-state index < -0.39 is 16.1 Å². The number of thiophene rings is 1. The number of aryl methyl sites for hydroxylation is 1. The van der Waals surface area contributed by atoms with Crippen LogP contribution in [0.1, 0.15) is 30.2 Å². The van der Waals surface area contributed by atoms with Crippen molar-refractivity contribution >= 4 is 33.0 Å². The van der Waals surface area contributed by atoms with Gasteiger partial charge in [0.05, 0.1) is 0 Å². The van der Waals surface area contributed by atoms with Gasteiger partial charge in [-0.15, -0.1) is 11.3 Å². The Morgan fingerprint density at radius 3 is 2.34 bits per heavy atom. The van der Waals surface area contributed by atoms with E-state index in [0.29, 0.717) is 29.3 Å². The number of hydrogen-bond acceptors (Lipinski definition) is 6. The normalized spacial score (nSPS) is 21.1. The van der Waals surface area contributed by atoms with Gasteiger partial charge in [0.25, 0.3) is 10.0 Å². The fourth-order valence-corrected chi connectivity index (χ4v) is 7.47. The Balaban J connectivity index is 1.36. The Bertz CT molecular complexity index is 1030. The van der Waals surface area contributed by atoms with Gasteiger partial charge in [0, 0.05) is 49.8 Å². The van der Waals surface area contributed by atoms with E-state index in [4.69, 9.17) is 0 Å². The molecular weight excluding hydrogens is 444 g/mol. The van der Waals surface area contributed by atoms with Crippen molar-refractivity contribution in [1.82, 2.24) is 14.1 Å². The molecule has 1 aromatic heterocycles. The summed E-state index contributed by atoms with van der Waals surface area (Å²) < 4.78 is 27.7. The first-order chi connectivity index (χ1) is 15.4. The Morgan fingerprint density at radius 1 is 1.03 bits per heavy atom. The van der Waals surface area contributed by atoms with Crippen LogP contribution in [0.15, 0.2) is 40.6 Å². The third-order valence-corrected chi connectivity index (χ3v) is 9.70. The molecule has 32 heavy (non-hydrogen) atoms. The Hall–Kier alpha value is -1.78. The Labute approximate surface area is 195 Å². The van der Waals surface area contributed by atoms with Crippen LogP contribution >= 0.6 is 11.3 Å². The van der Waals surface area contributed by atoms with E-state index in [-0.39, 0.29) is 5.91 Å². The lowest BCUT2D eigenvalue weighted by Gasteiger charge is -2.34. The zero-order chi connectivity index (χ0) is 22.7. The van der Waals surface area contributed by atoms with Crippen LogP contribution in [0.5, 0.6) is 0 Å². The summed E-state index contributed by atoms with van der Waals surface area (Å²) in [5.41, 5.74) is 1.91. The second-order valence-electron chi connectivity index (χ2n) is 8.54. The van der Waals surface area contributed by atoms with Gasteiger partial charge < -0.3 is 10.2 Å². The monoisotopic (exact) mass is 476 g/mol. The van der Waals surface area contributed by atoms with Crippen molar-refractivity contribution in [2.75, 3.05) is 44.6 Å². The largest absolute Gasteiger partial charge is 0.325 e. The number of amides is 1. The van der Waals surface area contributed by atoms with E-state index in [2.05, 4.69) is 22.0 Å². The molecule has 2 aliphatic rings. The second kappa shape index (κ2) is 10.0. The van der Waals surface area contributed by atoms with E-state index in [1.807, 2.05) is 31.2 Å². The van der Waals surface area contributed by atoms with Crippen LogP contribution in [0.3, 0.4) is 0 Å². The molecule has 1 aromatic carbocycles. The number of hydrogen-bond donors (Lipinski definition) is 1. The minimum atomic E-state index is -3.65. The number of nitrogens with one attached hydrogen (secondary N) is 1. The van der Waals surface area contributed by atoms with E-state index in [9.17, 15) is 13.2 Å². The van der Waals surface area contributed by atoms with Crippen LogP contribution in [-0.4, -0.2) is 73.7 Å².